The third-order valence-electron chi connectivity index (χ3n) is 8.89. The van der Waals surface area contributed by atoms with Crippen molar-refractivity contribution < 1.29 is 9.47 Å². The lowest BCUT2D eigenvalue weighted by molar-refractivity contribution is 0.412. The van der Waals surface area contributed by atoms with E-state index in [4.69, 9.17) is 42.7 Å². The fourth-order valence-corrected chi connectivity index (χ4v) is 6.62. The number of unbranched alkanes of at least 4 members (excludes halogenated alkanes) is 4. The summed E-state index contributed by atoms with van der Waals surface area (Å²) in [4.78, 5) is 9.78. The molecule has 1 aromatic heterocycles. The maximum atomic E-state index is 6.28. The van der Waals surface area contributed by atoms with Crippen molar-refractivity contribution >= 4 is 62.1 Å². The van der Waals surface area contributed by atoms with Crippen molar-refractivity contribution in [3.8, 4) is 11.5 Å². The number of benzene rings is 3. The summed E-state index contributed by atoms with van der Waals surface area (Å²) >= 11 is 12.5. The molecule has 0 bridgehead atoms. The molecule has 0 fully saturated rings. The van der Waals surface area contributed by atoms with Gasteiger partial charge in [-0.15, -0.1) is 0 Å². The van der Waals surface area contributed by atoms with Gasteiger partial charge < -0.3 is 25.4 Å². The molecule has 0 aliphatic heterocycles. The second-order valence-corrected chi connectivity index (χ2v) is 13.3. The van der Waals surface area contributed by atoms with E-state index in [9.17, 15) is 0 Å². The average molecular weight is 703 g/mol. The lowest BCUT2D eigenvalue weighted by Crippen LogP contribution is -2.22. The number of allylic oxidation sites excluding steroid dienone is 4. The summed E-state index contributed by atoms with van der Waals surface area (Å²) < 4.78 is 11.0. The van der Waals surface area contributed by atoms with Crippen molar-refractivity contribution in [1.29, 1.82) is 0 Å². The zero-order chi connectivity index (χ0) is 34.4. The van der Waals surface area contributed by atoms with Gasteiger partial charge in [-0.2, -0.15) is 0 Å². The molecule has 0 spiro atoms. The van der Waals surface area contributed by atoms with Gasteiger partial charge in [-0.05, 0) is 124 Å². The summed E-state index contributed by atoms with van der Waals surface area (Å²) in [5.41, 5.74) is 6.01. The molecule has 260 valence electrons. The van der Waals surface area contributed by atoms with E-state index in [2.05, 4.69) is 41.1 Å². The van der Waals surface area contributed by atoms with Crippen LogP contribution in [0.15, 0.2) is 82.9 Å². The summed E-state index contributed by atoms with van der Waals surface area (Å²) in [5.74, 6) is 1.67. The van der Waals surface area contributed by atoms with Crippen LogP contribution in [0.4, 0.5) is 11.4 Å². The van der Waals surface area contributed by atoms with Gasteiger partial charge in [-0.3, -0.25) is 4.99 Å². The van der Waals surface area contributed by atoms with E-state index in [1.165, 1.54) is 12.8 Å². The number of fused-ring (bicyclic) bond motifs is 2. The number of nitrogens with one attached hydrogen (secondary N) is 3. The van der Waals surface area contributed by atoms with E-state index in [1.54, 1.807) is 14.2 Å². The molecule has 1 aliphatic rings. The summed E-state index contributed by atoms with van der Waals surface area (Å²) in [5, 5.41) is 14.6. The Hall–Kier alpha value is -3.62. The van der Waals surface area contributed by atoms with Crippen LogP contribution in [0, 0.1) is 0 Å². The van der Waals surface area contributed by atoms with Gasteiger partial charge >= 0.3 is 0 Å². The number of aliphatic imine (C=N–C) groups is 1. The molecule has 0 saturated carbocycles. The zero-order valence-corrected chi connectivity index (χ0v) is 30.5. The molecule has 1 atom stereocenters. The van der Waals surface area contributed by atoms with Crippen molar-refractivity contribution in [2.45, 2.75) is 64.3 Å². The van der Waals surface area contributed by atoms with Gasteiger partial charge in [0.2, 0.25) is 0 Å². The highest BCUT2D eigenvalue weighted by Gasteiger charge is 2.16. The predicted molar refractivity (Wildman–Crippen MR) is 209 cm³/mol. The number of ether oxygens (including phenoxy) is 2. The van der Waals surface area contributed by atoms with Crippen molar-refractivity contribution in [3.63, 3.8) is 0 Å². The Labute approximate surface area is 301 Å². The van der Waals surface area contributed by atoms with Gasteiger partial charge in [-0.1, -0.05) is 49.0 Å². The first kappa shape index (κ1) is 36.7. The number of hydrogen-bond acceptors (Lipinski definition) is 7. The molecule has 3 N–H and O–H groups in total. The second kappa shape index (κ2) is 19.0. The fourth-order valence-electron chi connectivity index (χ4n) is 6.24. The van der Waals surface area contributed by atoms with Crippen LogP contribution in [0.5, 0.6) is 11.5 Å². The molecule has 5 rings (SSSR count). The van der Waals surface area contributed by atoms with Gasteiger partial charge in [0, 0.05) is 45.5 Å². The molecule has 3 aromatic carbocycles. The highest BCUT2D eigenvalue weighted by atomic mass is 35.5. The van der Waals surface area contributed by atoms with Crippen molar-refractivity contribution in [2.24, 2.45) is 4.99 Å². The minimum Gasteiger partial charge on any atom is -0.497 e. The second-order valence-electron chi connectivity index (χ2n) is 12.4. The molecule has 49 heavy (non-hydrogen) atoms. The Morgan fingerprint density at radius 3 is 2.29 bits per heavy atom. The molecule has 7 nitrogen and oxygen atoms in total. The monoisotopic (exact) mass is 701 g/mol. The number of rotatable bonds is 19. The van der Waals surface area contributed by atoms with Crippen LogP contribution in [0.2, 0.25) is 5.02 Å². The molecule has 0 saturated heterocycles. The number of anilines is 1. The first-order chi connectivity index (χ1) is 24.0. The fraction of sp³-hybridized carbons (Fsp3) is 0.400. The smallest absolute Gasteiger partial charge is 0.119 e. The van der Waals surface area contributed by atoms with Crippen LogP contribution in [-0.4, -0.2) is 51.1 Å². The van der Waals surface area contributed by atoms with Gasteiger partial charge in [0.15, 0.2) is 0 Å². The van der Waals surface area contributed by atoms with Crippen LogP contribution in [-0.2, 0) is 0 Å². The molecule has 1 aliphatic carbocycles. The van der Waals surface area contributed by atoms with E-state index >= 15 is 0 Å². The summed E-state index contributed by atoms with van der Waals surface area (Å²) in [6.45, 7) is 6.18. The van der Waals surface area contributed by atoms with E-state index in [-0.39, 0.29) is 6.04 Å². The molecule has 9 heteroatoms. The Morgan fingerprint density at radius 1 is 0.796 bits per heavy atom. The standard InChI is InChI=1S/C40H49Cl2N5O2/c1-4-36(34-26-31(48-2)15-18-37(34)46-30-13-11-12-28(41)24-30)44-22-9-5-7-20-43-21-8-6-10-23-45-40-33-17-14-29(42)25-39(33)47-38-19-16-32(49-3)27-35(38)40/h11-12,14-19,24-27,36,43-44H,4-10,13,20-23H2,1-3H3,(H,45,47). The summed E-state index contributed by atoms with van der Waals surface area (Å²) in [6, 6.07) is 18.2. The lowest BCUT2D eigenvalue weighted by Gasteiger charge is -2.20. The number of pyridine rings is 1. The number of hydrogen-bond donors (Lipinski definition) is 3. The minimum atomic E-state index is 0.206. The van der Waals surface area contributed by atoms with Crippen molar-refractivity contribution in [2.75, 3.05) is 45.7 Å². The SMILES string of the molecule is CCC(NCCCCCNCCCCCNc1c2ccc(Cl)cc2nc2ccc(OC)cc12)c1cc(OC)ccc1N=C1C=C(Cl)C=CC1. The Balaban J connectivity index is 0.990. The van der Waals surface area contributed by atoms with Crippen LogP contribution in [0.25, 0.3) is 21.8 Å². The Bertz CT molecular complexity index is 1790. The lowest BCUT2D eigenvalue weighted by atomic mass is 10.0. The topological polar surface area (TPSA) is 79.8 Å². The van der Waals surface area contributed by atoms with Crippen LogP contribution < -0.4 is 25.4 Å². The first-order valence-electron chi connectivity index (χ1n) is 17.5. The van der Waals surface area contributed by atoms with Crippen molar-refractivity contribution in [1.82, 2.24) is 15.6 Å². The third kappa shape index (κ3) is 10.4. The van der Waals surface area contributed by atoms with Crippen LogP contribution in [0.1, 0.15) is 69.9 Å². The molecular formula is C40H49Cl2N5O2. The number of nitrogens with zero attached hydrogens (tertiary/aromatic N) is 2. The van der Waals surface area contributed by atoms with E-state index in [0.717, 1.165) is 121 Å². The highest BCUT2D eigenvalue weighted by molar-refractivity contribution is 6.33. The Morgan fingerprint density at radius 2 is 1.53 bits per heavy atom. The van der Waals surface area contributed by atoms with Crippen molar-refractivity contribution in [3.05, 3.63) is 88.4 Å². The number of aromatic nitrogens is 1. The molecule has 4 aromatic rings. The third-order valence-corrected chi connectivity index (χ3v) is 9.36. The minimum absolute atomic E-state index is 0.206. The maximum absolute atomic E-state index is 6.28. The number of halogens is 2. The van der Waals surface area contributed by atoms with E-state index in [1.807, 2.05) is 54.6 Å². The van der Waals surface area contributed by atoms with E-state index in [0.29, 0.717) is 10.1 Å². The number of methoxy groups -OCH3 is 2. The normalized spacial score (nSPS) is 14.4. The first-order valence-corrected chi connectivity index (χ1v) is 18.3. The van der Waals surface area contributed by atoms with Gasteiger partial charge in [0.1, 0.15) is 11.5 Å². The van der Waals surface area contributed by atoms with Gasteiger partial charge in [0.05, 0.1) is 36.6 Å². The summed E-state index contributed by atoms with van der Waals surface area (Å²) in [7, 11) is 3.40. The average Bonchev–Trinajstić information content (AvgIpc) is 3.11. The Kier molecular flexibility index (Phi) is 14.2. The van der Waals surface area contributed by atoms with Gasteiger partial charge in [0.25, 0.3) is 0 Å². The predicted octanol–water partition coefficient (Wildman–Crippen LogP) is 10.3. The quantitative estimate of drug-likeness (QED) is 0.0667. The molecule has 1 heterocycles. The van der Waals surface area contributed by atoms with Gasteiger partial charge in [-0.25, -0.2) is 4.98 Å². The van der Waals surface area contributed by atoms with E-state index < -0.39 is 0 Å². The highest BCUT2D eigenvalue weighted by Crippen LogP contribution is 2.35. The summed E-state index contributed by atoms with van der Waals surface area (Å²) in [6.07, 6.45) is 14.6. The largest absolute Gasteiger partial charge is 0.497 e. The molecule has 1 unspecified atom stereocenters. The maximum Gasteiger partial charge on any atom is 0.119 e. The zero-order valence-electron chi connectivity index (χ0n) is 29.0. The molecule has 0 radical (unpaired) electrons. The van der Waals surface area contributed by atoms with Crippen LogP contribution >= 0.6 is 23.2 Å². The molecular weight excluding hydrogens is 653 g/mol. The van der Waals surface area contributed by atoms with Crippen LogP contribution in [0.3, 0.4) is 0 Å². The molecule has 0 amide bonds.